The highest BCUT2D eigenvalue weighted by Crippen LogP contribution is 2.54. The Hall–Kier alpha value is -4.77. The Kier molecular flexibility index (Phi) is 9.71. The van der Waals surface area contributed by atoms with Crippen molar-refractivity contribution < 1.29 is 32.6 Å². The summed E-state index contributed by atoms with van der Waals surface area (Å²) in [6, 6.07) is 14.3. The fraction of sp³-hybridized carbons (Fsp3) is 0.343. The van der Waals surface area contributed by atoms with Crippen LogP contribution in [0.4, 0.5) is 20.2 Å². The first-order valence-corrected chi connectivity index (χ1v) is 15.3. The van der Waals surface area contributed by atoms with Gasteiger partial charge in [0.15, 0.2) is 23.1 Å². The van der Waals surface area contributed by atoms with Gasteiger partial charge in [-0.05, 0) is 80.4 Å². The number of anilines is 2. The molecule has 2 N–H and O–H groups in total. The van der Waals surface area contributed by atoms with Gasteiger partial charge in [0.2, 0.25) is 11.8 Å². The Morgan fingerprint density at radius 3 is 2.26 bits per heavy atom. The molecule has 0 spiro atoms. The highest BCUT2D eigenvalue weighted by Gasteiger charge is 2.64. The first kappa shape index (κ1) is 32.6. The topological polar surface area (TPSA) is 107 Å². The van der Waals surface area contributed by atoms with E-state index in [9.17, 15) is 14.0 Å². The third-order valence-electron chi connectivity index (χ3n) is 8.57. The van der Waals surface area contributed by atoms with E-state index in [1.807, 2.05) is 0 Å². The maximum atomic E-state index is 15.7. The summed E-state index contributed by atoms with van der Waals surface area (Å²) >= 11 is 0. The van der Waals surface area contributed by atoms with Crippen molar-refractivity contribution in [3.63, 3.8) is 0 Å². The van der Waals surface area contributed by atoms with Gasteiger partial charge in [0, 0.05) is 35.9 Å². The molecule has 1 aliphatic carbocycles. The van der Waals surface area contributed by atoms with E-state index < -0.39 is 28.9 Å². The number of nitrogens with two attached hydrogens (primary N) is 1. The quantitative estimate of drug-likeness (QED) is 0.123. The van der Waals surface area contributed by atoms with Gasteiger partial charge in [0.25, 0.3) is 0 Å². The zero-order valence-corrected chi connectivity index (χ0v) is 26.4. The van der Waals surface area contributed by atoms with Crippen molar-refractivity contribution in [3.05, 3.63) is 78.5 Å². The summed E-state index contributed by atoms with van der Waals surface area (Å²) in [5, 5.41) is 0.576. The van der Waals surface area contributed by atoms with Crippen molar-refractivity contribution in [2.24, 2.45) is 17.1 Å². The molecule has 1 aromatic heterocycles. The van der Waals surface area contributed by atoms with E-state index in [0.29, 0.717) is 34.8 Å². The molecule has 3 aromatic carbocycles. The normalized spacial score (nSPS) is 17.2. The number of methoxy groups -OCH3 is 1. The maximum Gasteiger partial charge on any atom is 0.247 e. The molecule has 9 nitrogen and oxygen atoms in total. The average molecular weight is 633 g/mol. The summed E-state index contributed by atoms with van der Waals surface area (Å²) in [5.41, 5.74) is 5.18. The van der Waals surface area contributed by atoms with E-state index >= 15 is 4.39 Å². The molecule has 1 saturated carbocycles. The Bertz CT molecular complexity index is 1730. The van der Waals surface area contributed by atoms with E-state index in [1.165, 1.54) is 48.4 Å². The number of halogens is 2. The van der Waals surface area contributed by atoms with E-state index in [-0.39, 0.29) is 29.5 Å². The van der Waals surface area contributed by atoms with Crippen LogP contribution >= 0.6 is 0 Å². The molecule has 0 unspecified atom stereocenters. The van der Waals surface area contributed by atoms with Crippen LogP contribution in [0.3, 0.4) is 0 Å². The molecule has 0 bridgehead atoms. The lowest BCUT2D eigenvalue weighted by atomic mass is 10.00. The van der Waals surface area contributed by atoms with Crippen molar-refractivity contribution in [2.75, 3.05) is 38.3 Å². The number of fused-ring (bicyclic) bond motifs is 1. The Balaban J connectivity index is 1.42. The first-order chi connectivity index (χ1) is 22.1. The highest BCUT2D eigenvalue weighted by molar-refractivity contribution is 6.17. The fourth-order valence-corrected chi connectivity index (χ4v) is 5.67. The average Bonchev–Trinajstić information content (AvgIpc) is 3.75. The largest absolute Gasteiger partial charge is 0.493 e. The molecule has 242 valence electrons. The predicted molar refractivity (Wildman–Crippen MR) is 172 cm³/mol. The van der Waals surface area contributed by atoms with E-state index in [0.717, 1.165) is 32.1 Å². The number of carbonyl (C=O) groups is 2. The molecule has 46 heavy (non-hydrogen) atoms. The molecule has 5 rings (SSSR count). The highest BCUT2D eigenvalue weighted by atomic mass is 19.1. The predicted octanol–water partition coefficient (Wildman–Crippen LogP) is 6.60. The molecule has 2 atom stereocenters. The van der Waals surface area contributed by atoms with Crippen LogP contribution < -0.4 is 24.8 Å². The lowest BCUT2D eigenvalue weighted by molar-refractivity contribution is -0.134. The number of benzene rings is 3. The number of pyridine rings is 1. The minimum Gasteiger partial charge on any atom is -0.493 e. The zero-order chi connectivity index (χ0) is 33.0. The molecular formula is C35H38F2N4O5. The van der Waals surface area contributed by atoms with Crippen LogP contribution in [0.1, 0.15) is 33.6 Å². The molecule has 11 heteroatoms. The van der Waals surface area contributed by atoms with Crippen LogP contribution in [0.5, 0.6) is 23.0 Å². The van der Waals surface area contributed by atoms with Crippen LogP contribution in [0.25, 0.3) is 10.9 Å². The molecule has 0 radical (unpaired) electrons. The summed E-state index contributed by atoms with van der Waals surface area (Å²) in [6.07, 6.45) is 2.67. The SMILES string of the molecule is CCN(CC)CCCOc1cc2nccc(Oc3ccc(N(C(=O)[C@]4(C(N)=O)C[C@H]4C)c4ccc(F)cc4)cc3F)c2cc1OC. The van der Waals surface area contributed by atoms with Gasteiger partial charge in [0.1, 0.15) is 17.0 Å². The standard InChI is InChI=1S/C35H38F2N4O5/c1-5-40(6-2)16-7-17-45-32-20-28-26(19-31(32)44-4)29(14-15-39-28)46-30-13-12-25(18-27(30)37)41(24-10-8-23(36)9-11-24)34(43)35(33(38)42)21-22(35)3/h8-15,18-20,22H,5-7,16-17,21H2,1-4H3,(H2,38,42)/t22-,35-/m1/s1. The molecular weight excluding hydrogens is 594 g/mol. The van der Waals surface area contributed by atoms with Crippen LogP contribution in [0.2, 0.25) is 0 Å². The van der Waals surface area contributed by atoms with Crippen molar-refractivity contribution in [3.8, 4) is 23.0 Å². The number of carbonyl (C=O) groups excluding carboxylic acids is 2. The number of ether oxygens (including phenoxy) is 3. The summed E-state index contributed by atoms with van der Waals surface area (Å²) < 4.78 is 47.1. The van der Waals surface area contributed by atoms with Crippen molar-refractivity contribution in [1.29, 1.82) is 0 Å². The van der Waals surface area contributed by atoms with Crippen molar-refractivity contribution in [2.45, 2.75) is 33.6 Å². The van der Waals surface area contributed by atoms with Crippen LogP contribution in [-0.4, -0.2) is 55.0 Å². The van der Waals surface area contributed by atoms with Gasteiger partial charge in [-0.1, -0.05) is 20.8 Å². The van der Waals surface area contributed by atoms with Crippen LogP contribution in [0, 0.1) is 23.0 Å². The Labute approximate surface area is 266 Å². The van der Waals surface area contributed by atoms with E-state index in [4.69, 9.17) is 19.9 Å². The maximum absolute atomic E-state index is 15.7. The number of hydrogen-bond donors (Lipinski definition) is 1. The molecule has 1 fully saturated rings. The number of hydrogen-bond acceptors (Lipinski definition) is 7. The third kappa shape index (κ3) is 6.46. The lowest BCUT2D eigenvalue weighted by Gasteiger charge is -2.27. The number of amides is 2. The number of primary amides is 1. The fourth-order valence-electron chi connectivity index (χ4n) is 5.67. The second kappa shape index (κ2) is 13.7. The number of nitrogens with zero attached hydrogens (tertiary/aromatic N) is 3. The first-order valence-electron chi connectivity index (χ1n) is 15.3. The van der Waals surface area contributed by atoms with Crippen molar-refractivity contribution in [1.82, 2.24) is 9.88 Å². The Morgan fingerprint density at radius 1 is 0.957 bits per heavy atom. The van der Waals surface area contributed by atoms with Gasteiger partial charge < -0.3 is 24.8 Å². The summed E-state index contributed by atoms with van der Waals surface area (Å²) in [6.45, 7) is 9.38. The van der Waals surface area contributed by atoms with Crippen LogP contribution in [-0.2, 0) is 9.59 Å². The molecule has 4 aromatic rings. The van der Waals surface area contributed by atoms with Crippen LogP contribution in [0.15, 0.2) is 66.9 Å². The summed E-state index contributed by atoms with van der Waals surface area (Å²) in [5.74, 6) is -1.68. The van der Waals surface area contributed by atoms with Gasteiger partial charge in [0.05, 0.1) is 24.9 Å². The van der Waals surface area contributed by atoms with Crippen molar-refractivity contribution >= 4 is 34.1 Å². The molecule has 0 saturated heterocycles. The van der Waals surface area contributed by atoms with Gasteiger partial charge in [-0.3, -0.25) is 19.5 Å². The minimum atomic E-state index is -1.43. The molecule has 2 amide bonds. The summed E-state index contributed by atoms with van der Waals surface area (Å²) in [4.78, 5) is 34.1. The van der Waals surface area contributed by atoms with Gasteiger partial charge in [-0.25, -0.2) is 8.78 Å². The Morgan fingerprint density at radius 2 is 1.65 bits per heavy atom. The third-order valence-corrected chi connectivity index (χ3v) is 8.57. The second-order valence-corrected chi connectivity index (χ2v) is 11.3. The van der Waals surface area contributed by atoms with Gasteiger partial charge >= 0.3 is 0 Å². The molecule has 1 heterocycles. The van der Waals surface area contributed by atoms with E-state index in [2.05, 4.69) is 23.7 Å². The number of rotatable bonds is 14. The van der Waals surface area contributed by atoms with E-state index in [1.54, 1.807) is 31.3 Å². The summed E-state index contributed by atoms with van der Waals surface area (Å²) in [7, 11) is 1.54. The zero-order valence-electron chi connectivity index (χ0n) is 26.4. The molecule has 0 aliphatic heterocycles. The second-order valence-electron chi connectivity index (χ2n) is 11.3. The number of aromatic nitrogens is 1. The smallest absolute Gasteiger partial charge is 0.247 e. The lowest BCUT2D eigenvalue weighted by Crippen LogP contribution is -2.42. The van der Waals surface area contributed by atoms with Gasteiger partial charge in [-0.2, -0.15) is 0 Å². The minimum absolute atomic E-state index is 0.108. The molecule has 1 aliphatic rings. The monoisotopic (exact) mass is 632 g/mol. The van der Waals surface area contributed by atoms with Gasteiger partial charge in [-0.15, -0.1) is 0 Å².